The van der Waals surface area contributed by atoms with Crippen molar-refractivity contribution in [2.75, 3.05) is 109 Å². The van der Waals surface area contributed by atoms with E-state index in [-0.39, 0.29) is 54.5 Å². The van der Waals surface area contributed by atoms with Gasteiger partial charge in [0.25, 0.3) is 0 Å². The molecule has 12 rings (SSSR count). The Morgan fingerprint density at radius 2 is 0.646 bits per heavy atom. The molecule has 6 amide bonds. The lowest BCUT2D eigenvalue weighted by molar-refractivity contribution is 0.137. The van der Waals surface area contributed by atoms with Crippen LogP contribution in [0.15, 0.2) is 146 Å². The molecule has 0 spiro atoms. The maximum atomic E-state index is 12.4. The highest BCUT2D eigenvalue weighted by Crippen LogP contribution is 2.36. The number of piperazine rings is 3. The van der Waals surface area contributed by atoms with E-state index in [0.717, 1.165) is 173 Å². The summed E-state index contributed by atoms with van der Waals surface area (Å²) in [5, 5.41) is 19.8. The largest absolute Gasteiger partial charge is 0.489 e. The van der Waals surface area contributed by atoms with Crippen LogP contribution in [0.1, 0.15) is 119 Å². The lowest BCUT2D eigenvalue weighted by atomic mass is 9.90. The van der Waals surface area contributed by atoms with Gasteiger partial charge in [-0.05, 0) is 204 Å². The van der Waals surface area contributed by atoms with E-state index in [9.17, 15) is 14.4 Å². The number of hydrogen-bond donors (Lipinski definition) is 6. The number of amides is 6. The van der Waals surface area contributed by atoms with Crippen molar-refractivity contribution in [3.63, 3.8) is 0 Å². The van der Waals surface area contributed by atoms with Gasteiger partial charge in [0.05, 0.1) is 46.1 Å². The van der Waals surface area contributed by atoms with E-state index >= 15 is 0 Å². The van der Waals surface area contributed by atoms with Crippen molar-refractivity contribution in [1.82, 2.24) is 30.7 Å². The number of hydrogen-bond acceptors (Lipinski definition) is 12. The van der Waals surface area contributed by atoms with Crippen LogP contribution in [-0.2, 0) is 0 Å². The van der Waals surface area contributed by atoms with E-state index in [2.05, 4.69) is 157 Å². The number of rotatable bonds is 18. The predicted molar refractivity (Wildman–Crippen MR) is 407 cm³/mol. The summed E-state index contributed by atoms with van der Waals surface area (Å²) in [6.45, 7) is 24.9. The van der Waals surface area contributed by atoms with E-state index in [1.54, 1.807) is 30.3 Å². The third kappa shape index (κ3) is 22.8. The van der Waals surface area contributed by atoms with Gasteiger partial charge in [-0.2, -0.15) is 0 Å². The van der Waals surface area contributed by atoms with Crippen molar-refractivity contribution in [3.05, 3.63) is 161 Å². The number of carbonyl (C=O) groups is 3. The summed E-state index contributed by atoms with van der Waals surface area (Å²) in [5.41, 5.74) is 5.67. The molecule has 0 bridgehead atoms. The molecule has 3 aliphatic heterocycles. The molecule has 0 radical (unpaired) electrons. The molecule has 6 aliphatic rings. The van der Waals surface area contributed by atoms with Crippen molar-refractivity contribution in [2.45, 2.75) is 173 Å². The fourth-order valence-electron chi connectivity index (χ4n) is 14.7. The minimum Gasteiger partial charge on any atom is -0.489 e. The molecule has 99 heavy (non-hydrogen) atoms. The fraction of sp³-hybridized carbons (Fsp3) is 0.500. The average molecular weight is 1410 g/mol. The second-order valence-corrected chi connectivity index (χ2v) is 29.1. The number of nitrogens with zero attached hydrogens (tertiary/aromatic N) is 6. The number of nitrogens with one attached hydrogen (secondary N) is 6. The van der Waals surface area contributed by atoms with Gasteiger partial charge in [-0.3, -0.25) is 14.7 Å². The fourth-order valence-corrected chi connectivity index (χ4v) is 15.3. The molecule has 6 aromatic carbocycles. The van der Waals surface area contributed by atoms with Crippen LogP contribution in [0.5, 0.6) is 17.2 Å². The monoisotopic (exact) mass is 1410 g/mol. The van der Waals surface area contributed by atoms with Crippen LogP contribution in [0.25, 0.3) is 0 Å². The van der Waals surface area contributed by atoms with Crippen LogP contribution < -0.4 is 60.8 Å². The van der Waals surface area contributed by atoms with Crippen molar-refractivity contribution in [1.29, 1.82) is 0 Å². The Hall–Kier alpha value is -7.32. The summed E-state index contributed by atoms with van der Waals surface area (Å²) in [7, 11) is 0. The first-order valence-corrected chi connectivity index (χ1v) is 37.3. The molecule has 6 N–H and O–H groups in total. The second-order valence-electron chi connectivity index (χ2n) is 27.8. The van der Waals surface area contributed by atoms with Crippen molar-refractivity contribution in [2.24, 2.45) is 0 Å². The number of para-hydroxylation sites is 7. The zero-order valence-corrected chi connectivity index (χ0v) is 61.1. The van der Waals surface area contributed by atoms with E-state index in [0.29, 0.717) is 50.3 Å². The summed E-state index contributed by atoms with van der Waals surface area (Å²) in [6.07, 6.45) is 13.3. The number of benzene rings is 6. The van der Waals surface area contributed by atoms with E-state index < -0.39 is 0 Å². The molecule has 0 aromatic heterocycles. The first-order valence-electron chi connectivity index (χ1n) is 36.2. The molecule has 3 heterocycles. The van der Waals surface area contributed by atoms with Crippen LogP contribution in [0.2, 0.25) is 15.1 Å². The molecule has 6 aromatic rings. The van der Waals surface area contributed by atoms with Crippen molar-refractivity contribution in [3.8, 4) is 17.2 Å². The minimum atomic E-state index is -0.178. The van der Waals surface area contributed by atoms with Crippen LogP contribution in [0.3, 0.4) is 0 Å². The number of anilines is 6. The zero-order chi connectivity index (χ0) is 69.6. The minimum absolute atomic E-state index is 0.156. The highest BCUT2D eigenvalue weighted by molar-refractivity contribution is 6.33. The Kier molecular flexibility index (Phi) is 28.1. The zero-order valence-electron chi connectivity index (χ0n) is 58.8. The van der Waals surface area contributed by atoms with E-state index in [1.807, 2.05) is 60.7 Å². The first kappa shape index (κ1) is 74.4. The molecular formula is C78H105Cl3N12O6. The molecule has 6 fully saturated rings. The van der Waals surface area contributed by atoms with E-state index in [4.69, 9.17) is 49.0 Å². The lowest BCUT2D eigenvalue weighted by Crippen LogP contribution is -2.52. The molecule has 21 heteroatoms. The molecule has 534 valence electrons. The van der Waals surface area contributed by atoms with Gasteiger partial charge in [0.15, 0.2) is 0 Å². The second kappa shape index (κ2) is 37.4. The highest BCUT2D eigenvalue weighted by atomic mass is 35.5. The van der Waals surface area contributed by atoms with Crippen LogP contribution >= 0.6 is 34.8 Å². The third-order valence-corrected chi connectivity index (χ3v) is 20.4. The molecule has 3 saturated heterocycles. The molecule has 3 aliphatic carbocycles. The van der Waals surface area contributed by atoms with Gasteiger partial charge in [0, 0.05) is 136 Å². The normalized spacial score (nSPS) is 21.6. The van der Waals surface area contributed by atoms with Gasteiger partial charge in [0.1, 0.15) is 17.2 Å². The van der Waals surface area contributed by atoms with Gasteiger partial charge in [-0.1, -0.05) is 95.5 Å². The van der Waals surface area contributed by atoms with Crippen molar-refractivity contribution < 1.29 is 28.6 Å². The van der Waals surface area contributed by atoms with Gasteiger partial charge in [-0.25, -0.2) is 14.4 Å². The summed E-state index contributed by atoms with van der Waals surface area (Å²) < 4.78 is 18.1. The third-order valence-electron chi connectivity index (χ3n) is 19.6. The molecule has 18 nitrogen and oxygen atoms in total. The lowest BCUT2D eigenvalue weighted by Gasteiger charge is -2.43. The Balaban J connectivity index is 0.000000161. The number of halogens is 3. The molecular weight excluding hydrogens is 1310 g/mol. The standard InChI is InChI=1S/3C26H35ClN4O2/c2*1-19(2)33-25-9-4-3-8-24(25)31-16-14-30(15-17-31)23-12-10-21(11-13-23)28-26(32)29-22-7-5-6-20(27)18-22;1-19(2)33-25-10-6-5-9-24(25)31-17-15-30(16-18-31)21-13-11-20(12-14-21)28-26(32)29-23-8-4-3-7-22(23)27/h2*3-9,18-19,21,23H,10-17H2,1-2H3,(H2,28,29,32);3-10,19-21H,11-18H2,1-2H3,(H2,28,29,32). The highest BCUT2D eigenvalue weighted by Gasteiger charge is 2.34. The Labute approximate surface area is 603 Å². The summed E-state index contributed by atoms with van der Waals surface area (Å²) in [5.74, 6) is 2.93. The van der Waals surface area contributed by atoms with Gasteiger partial charge in [0.2, 0.25) is 0 Å². The maximum absolute atomic E-state index is 12.4. The maximum Gasteiger partial charge on any atom is 0.319 e. The van der Waals surface area contributed by atoms with Gasteiger partial charge >= 0.3 is 18.1 Å². The Bertz CT molecular complexity index is 3330. The topological polar surface area (TPSA) is 171 Å². The Morgan fingerprint density at radius 1 is 0.354 bits per heavy atom. The smallest absolute Gasteiger partial charge is 0.319 e. The molecule has 0 unspecified atom stereocenters. The van der Waals surface area contributed by atoms with Crippen LogP contribution in [0, 0.1) is 0 Å². The summed E-state index contributed by atoms with van der Waals surface area (Å²) in [6, 6.07) is 48.8. The van der Waals surface area contributed by atoms with Gasteiger partial charge < -0.3 is 60.8 Å². The number of ether oxygens (including phenoxy) is 3. The van der Waals surface area contributed by atoms with Crippen LogP contribution in [0.4, 0.5) is 48.5 Å². The quantitative estimate of drug-likeness (QED) is 0.0482. The summed E-state index contributed by atoms with van der Waals surface area (Å²) in [4.78, 5) is 52.3. The number of urea groups is 3. The van der Waals surface area contributed by atoms with E-state index in [1.165, 1.54) is 17.1 Å². The average Bonchev–Trinajstić information content (AvgIpc) is 0.865. The summed E-state index contributed by atoms with van der Waals surface area (Å²) >= 11 is 18.1. The number of carbonyl (C=O) groups excluding carboxylic acids is 3. The first-order chi connectivity index (χ1) is 47.9. The van der Waals surface area contributed by atoms with Gasteiger partial charge in [-0.15, -0.1) is 0 Å². The molecule has 3 saturated carbocycles. The SMILES string of the molecule is CC(C)Oc1ccccc1N1CCN(C2CCC(NC(=O)Nc3cccc(Cl)c3)CC2)CC1.CC(C)Oc1ccccc1N1CCN(C2CCC(NC(=O)Nc3cccc(Cl)c3)CC2)CC1.CC(C)Oc1ccccc1N1CCN(C2CCC(NC(=O)Nc3ccccc3Cl)CC2)CC1. The molecule has 0 atom stereocenters. The Morgan fingerprint density at radius 3 is 0.949 bits per heavy atom. The van der Waals surface area contributed by atoms with Crippen LogP contribution in [-0.4, -0.2) is 166 Å². The van der Waals surface area contributed by atoms with Crippen molar-refractivity contribution >= 4 is 87.0 Å². The predicted octanol–water partition coefficient (Wildman–Crippen LogP) is 16.1.